The van der Waals surface area contributed by atoms with E-state index in [2.05, 4.69) is 11.4 Å². The summed E-state index contributed by atoms with van der Waals surface area (Å²) in [5.41, 5.74) is 4.32. The van der Waals surface area contributed by atoms with E-state index < -0.39 is 6.09 Å². The maximum absolute atomic E-state index is 11.8. The average molecular weight is 434 g/mol. The number of carbonyl (C=O) groups excluding carboxylic acids is 2. The van der Waals surface area contributed by atoms with Gasteiger partial charge in [0.1, 0.15) is 12.2 Å². The highest BCUT2D eigenvalue weighted by atomic mass is 16.6. The van der Waals surface area contributed by atoms with E-state index in [1.54, 1.807) is 57.4 Å². The van der Waals surface area contributed by atoms with Crippen molar-refractivity contribution in [3.63, 3.8) is 0 Å². The molecule has 0 fully saturated rings. The van der Waals surface area contributed by atoms with Crippen molar-refractivity contribution in [1.29, 1.82) is 10.5 Å². The first-order chi connectivity index (χ1) is 15.4. The molecule has 0 aromatic heterocycles. The molecule has 2 atom stereocenters. The Labute approximate surface area is 185 Å². The van der Waals surface area contributed by atoms with Gasteiger partial charge in [-0.05, 0) is 50.2 Å². The Morgan fingerprint density at radius 3 is 2.28 bits per heavy atom. The summed E-state index contributed by atoms with van der Waals surface area (Å²) in [6, 6.07) is 14.5. The zero-order valence-corrected chi connectivity index (χ0v) is 17.9. The minimum Gasteiger partial charge on any atom is -0.441 e. The van der Waals surface area contributed by atoms with Crippen LogP contribution in [0.2, 0.25) is 0 Å². The highest BCUT2D eigenvalue weighted by molar-refractivity contribution is 5.91. The van der Waals surface area contributed by atoms with Gasteiger partial charge in [0.2, 0.25) is 0 Å². The Hall–Kier alpha value is -4.08. The third kappa shape index (κ3) is 4.80. The zero-order valence-electron chi connectivity index (χ0n) is 17.9. The largest absolute Gasteiger partial charge is 0.441 e. The molecule has 0 saturated carbocycles. The van der Waals surface area contributed by atoms with Crippen LogP contribution in [0.15, 0.2) is 36.4 Å². The van der Waals surface area contributed by atoms with E-state index in [-0.39, 0.29) is 18.3 Å². The van der Waals surface area contributed by atoms with Gasteiger partial charge in [0.25, 0.3) is 0 Å². The summed E-state index contributed by atoms with van der Waals surface area (Å²) in [5.74, 6) is 0. The number of anilines is 2. The molecule has 0 saturated heterocycles. The Morgan fingerprint density at radius 1 is 1.00 bits per heavy atom. The number of hydrogen-bond donors (Lipinski definition) is 1. The molecular formula is C23H22N4O5. The predicted molar refractivity (Wildman–Crippen MR) is 115 cm³/mol. The van der Waals surface area contributed by atoms with Crippen molar-refractivity contribution in [2.45, 2.75) is 26.1 Å². The van der Waals surface area contributed by atoms with Crippen molar-refractivity contribution in [3.8, 4) is 12.1 Å². The summed E-state index contributed by atoms with van der Waals surface area (Å²) in [6.45, 7) is 4.44. The number of cyclic esters (lactones) is 2. The monoisotopic (exact) mass is 434 g/mol. The maximum Gasteiger partial charge on any atom is 0.414 e. The summed E-state index contributed by atoms with van der Waals surface area (Å²) < 4.78 is 15.2. The quantitative estimate of drug-likeness (QED) is 0.759. The van der Waals surface area contributed by atoms with Gasteiger partial charge in [-0.15, -0.1) is 0 Å². The fourth-order valence-electron chi connectivity index (χ4n) is 3.41. The summed E-state index contributed by atoms with van der Waals surface area (Å²) in [4.78, 5) is 24.3. The number of nitrogens with zero attached hydrogens (tertiary/aromatic N) is 3. The molecule has 32 heavy (non-hydrogen) atoms. The third-order valence-corrected chi connectivity index (χ3v) is 5.04. The molecular weight excluding hydrogens is 412 g/mol. The van der Waals surface area contributed by atoms with Crippen molar-refractivity contribution in [3.05, 3.63) is 58.7 Å². The smallest absolute Gasteiger partial charge is 0.414 e. The molecule has 2 aliphatic rings. The fourth-order valence-corrected chi connectivity index (χ4v) is 3.41. The first-order valence-corrected chi connectivity index (χ1v) is 9.90. The zero-order chi connectivity index (χ0) is 23.3. The minimum atomic E-state index is -0.449. The van der Waals surface area contributed by atoms with Gasteiger partial charge < -0.3 is 14.2 Å². The van der Waals surface area contributed by atoms with Crippen LogP contribution in [0.3, 0.4) is 0 Å². The van der Waals surface area contributed by atoms with Gasteiger partial charge >= 0.3 is 12.2 Å². The Bertz CT molecular complexity index is 1120. The molecule has 2 aliphatic heterocycles. The van der Waals surface area contributed by atoms with Gasteiger partial charge in [0.15, 0.2) is 0 Å². The van der Waals surface area contributed by atoms with Crippen LogP contribution in [0.1, 0.15) is 48.3 Å². The Kier molecular flexibility index (Phi) is 6.93. The van der Waals surface area contributed by atoms with Gasteiger partial charge in [-0.1, -0.05) is 0 Å². The summed E-state index contributed by atoms with van der Waals surface area (Å²) in [6.07, 6.45) is -1.46. The summed E-state index contributed by atoms with van der Waals surface area (Å²) in [7, 11) is 1.58. The number of methoxy groups -OCH3 is 1. The Balaban J connectivity index is 0.000000186. The number of benzene rings is 2. The molecule has 2 aromatic rings. The van der Waals surface area contributed by atoms with Crippen LogP contribution in [-0.4, -0.2) is 32.4 Å². The second-order valence-electron chi connectivity index (χ2n) is 7.14. The fraction of sp³-hybridized carbons (Fsp3) is 0.304. The van der Waals surface area contributed by atoms with E-state index in [9.17, 15) is 9.59 Å². The molecule has 2 amide bonds. The van der Waals surface area contributed by atoms with Gasteiger partial charge in [-0.3, -0.25) is 10.2 Å². The molecule has 0 aliphatic carbocycles. The molecule has 4 rings (SSSR count). The lowest BCUT2D eigenvalue weighted by atomic mass is 10.0. The van der Waals surface area contributed by atoms with E-state index in [4.69, 9.17) is 24.7 Å². The minimum absolute atomic E-state index is 0.299. The standard InChI is InChI=1S/C13H14N2O3.C10H8N2O2/c1-9-11-7-10(8-14)3-4-12(11)15(5-6-17-2)13(16)18-9;1-6-8-4-7(5-11)2-3-9(8)12-10(13)14-6/h3-4,7,9H,5-6H2,1-2H3;2-4,6H,1H3,(H,12,13). The highest BCUT2D eigenvalue weighted by Crippen LogP contribution is 2.35. The van der Waals surface area contributed by atoms with Gasteiger partial charge in [-0.2, -0.15) is 10.5 Å². The van der Waals surface area contributed by atoms with Crippen LogP contribution in [0, 0.1) is 22.7 Å². The van der Waals surface area contributed by atoms with E-state index in [0.717, 1.165) is 16.8 Å². The molecule has 2 heterocycles. The molecule has 2 aromatic carbocycles. The highest BCUT2D eigenvalue weighted by Gasteiger charge is 2.30. The van der Waals surface area contributed by atoms with Gasteiger partial charge in [0, 0.05) is 18.2 Å². The van der Waals surface area contributed by atoms with Crippen molar-refractivity contribution in [1.82, 2.24) is 0 Å². The first kappa shape index (κ1) is 22.6. The lowest BCUT2D eigenvalue weighted by molar-refractivity contribution is 0.105. The molecule has 9 nitrogen and oxygen atoms in total. The van der Waals surface area contributed by atoms with Crippen LogP contribution in [0.25, 0.3) is 0 Å². The first-order valence-electron chi connectivity index (χ1n) is 9.90. The SMILES string of the molecule is CC1OC(=O)Nc2ccc(C#N)cc21.COCCN1C(=O)OC(C)c2cc(C#N)ccc21. The number of hydrogen-bond acceptors (Lipinski definition) is 7. The van der Waals surface area contributed by atoms with Crippen molar-refractivity contribution >= 4 is 23.6 Å². The maximum atomic E-state index is 11.8. The number of nitrogens with one attached hydrogen (secondary N) is 1. The van der Waals surface area contributed by atoms with Crippen LogP contribution >= 0.6 is 0 Å². The lowest BCUT2D eigenvalue weighted by Crippen LogP contribution is -2.39. The predicted octanol–water partition coefficient (Wildman–Crippen LogP) is 4.40. The number of nitriles is 2. The molecule has 9 heteroatoms. The molecule has 0 spiro atoms. The average Bonchev–Trinajstić information content (AvgIpc) is 2.79. The molecule has 164 valence electrons. The van der Waals surface area contributed by atoms with E-state index in [0.29, 0.717) is 30.0 Å². The number of carbonyl (C=O) groups is 2. The van der Waals surface area contributed by atoms with Crippen LogP contribution < -0.4 is 10.2 Å². The second-order valence-corrected chi connectivity index (χ2v) is 7.14. The second kappa shape index (κ2) is 9.82. The third-order valence-electron chi connectivity index (χ3n) is 5.04. The van der Waals surface area contributed by atoms with Crippen molar-refractivity contribution < 1.29 is 23.8 Å². The number of fused-ring (bicyclic) bond motifs is 2. The lowest BCUT2D eigenvalue weighted by Gasteiger charge is -2.32. The van der Waals surface area contributed by atoms with Crippen LogP contribution in [-0.2, 0) is 14.2 Å². The normalized spacial score (nSPS) is 18.3. The topological polar surface area (TPSA) is 125 Å². The van der Waals surface area contributed by atoms with Crippen LogP contribution in [0.5, 0.6) is 0 Å². The molecule has 0 bridgehead atoms. The van der Waals surface area contributed by atoms with Crippen molar-refractivity contribution in [2.24, 2.45) is 0 Å². The van der Waals surface area contributed by atoms with Gasteiger partial charge in [-0.25, -0.2) is 9.59 Å². The van der Waals surface area contributed by atoms with E-state index in [1.807, 2.05) is 6.07 Å². The number of rotatable bonds is 3. The van der Waals surface area contributed by atoms with Crippen LogP contribution in [0.4, 0.5) is 21.0 Å². The van der Waals surface area contributed by atoms with Gasteiger partial charge in [0.05, 0.1) is 47.8 Å². The molecule has 0 radical (unpaired) electrons. The van der Waals surface area contributed by atoms with Crippen molar-refractivity contribution in [2.75, 3.05) is 30.5 Å². The molecule has 2 unspecified atom stereocenters. The summed E-state index contributed by atoms with van der Waals surface area (Å²) >= 11 is 0. The number of ether oxygens (including phenoxy) is 3. The number of amides is 2. The molecule has 1 N–H and O–H groups in total. The van der Waals surface area contributed by atoms with E-state index >= 15 is 0 Å². The van der Waals surface area contributed by atoms with E-state index in [1.165, 1.54) is 4.90 Å². The Morgan fingerprint density at radius 2 is 1.62 bits per heavy atom. The summed E-state index contributed by atoms with van der Waals surface area (Å²) in [5, 5.41) is 20.2.